The van der Waals surface area contributed by atoms with Crippen LogP contribution in [0.25, 0.3) is 0 Å². The molecule has 19 heavy (non-hydrogen) atoms. The normalized spacial score (nSPS) is 11.4. The minimum Gasteiger partial charge on any atom is -0.434 e. The third-order valence-electron chi connectivity index (χ3n) is 2.27. The molecule has 1 aromatic carbocycles. The van der Waals surface area contributed by atoms with Crippen molar-refractivity contribution < 1.29 is 22.3 Å². The molecule has 0 bridgehead atoms. The molecule has 0 fully saturated rings. The van der Waals surface area contributed by atoms with Gasteiger partial charge in [0.1, 0.15) is 0 Å². The van der Waals surface area contributed by atoms with E-state index >= 15 is 0 Å². The summed E-state index contributed by atoms with van der Waals surface area (Å²) in [7, 11) is 0. The van der Waals surface area contributed by atoms with E-state index in [0.717, 1.165) is 24.3 Å². The van der Waals surface area contributed by atoms with Crippen LogP contribution < -0.4 is 10.5 Å². The summed E-state index contributed by atoms with van der Waals surface area (Å²) in [4.78, 5) is 3.61. The number of anilines is 1. The van der Waals surface area contributed by atoms with Gasteiger partial charge in [-0.15, -0.1) is 0 Å². The van der Waals surface area contributed by atoms with Crippen molar-refractivity contribution in [2.45, 2.75) is 6.18 Å². The van der Waals surface area contributed by atoms with E-state index in [4.69, 9.17) is 10.5 Å². The van der Waals surface area contributed by atoms with Crippen LogP contribution in [-0.4, -0.2) is 4.98 Å². The van der Waals surface area contributed by atoms with Crippen molar-refractivity contribution in [1.29, 1.82) is 0 Å². The highest BCUT2D eigenvalue weighted by Crippen LogP contribution is 2.35. The fraction of sp³-hybridized carbons (Fsp3) is 0.0833. The van der Waals surface area contributed by atoms with Crippen LogP contribution in [0, 0.1) is 5.82 Å². The molecule has 7 heteroatoms. The van der Waals surface area contributed by atoms with Gasteiger partial charge in [-0.05, 0) is 30.3 Å². The molecule has 0 atom stereocenters. The summed E-state index contributed by atoms with van der Waals surface area (Å²) >= 11 is 0. The first kappa shape index (κ1) is 13.1. The Labute approximate surface area is 105 Å². The van der Waals surface area contributed by atoms with Crippen molar-refractivity contribution in [1.82, 2.24) is 4.98 Å². The third kappa shape index (κ3) is 2.93. The SMILES string of the molecule is Nc1cc(C(F)(F)F)ccc1Oc1ncccc1F. The number of hydrogen-bond donors (Lipinski definition) is 1. The van der Waals surface area contributed by atoms with Gasteiger partial charge in [0.05, 0.1) is 11.3 Å². The van der Waals surface area contributed by atoms with Crippen LogP contribution in [0.1, 0.15) is 5.56 Å². The predicted octanol–water partition coefficient (Wildman–Crippen LogP) is 3.61. The maximum atomic E-state index is 13.3. The van der Waals surface area contributed by atoms with E-state index in [1.807, 2.05) is 0 Å². The van der Waals surface area contributed by atoms with Gasteiger partial charge in [0.25, 0.3) is 5.88 Å². The molecular weight excluding hydrogens is 264 g/mol. The van der Waals surface area contributed by atoms with Crippen molar-refractivity contribution >= 4 is 5.69 Å². The largest absolute Gasteiger partial charge is 0.434 e. The molecule has 0 spiro atoms. The van der Waals surface area contributed by atoms with E-state index in [-0.39, 0.29) is 17.3 Å². The predicted molar refractivity (Wildman–Crippen MR) is 60.1 cm³/mol. The minimum atomic E-state index is -4.50. The first-order chi connectivity index (χ1) is 8.88. The highest BCUT2D eigenvalue weighted by molar-refractivity contribution is 5.55. The molecule has 2 N–H and O–H groups in total. The van der Waals surface area contributed by atoms with Gasteiger partial charge in [-0.1, -0.05) is 0 Å². The van der Waals surface area contributed by atoms with E-state index < -0.39 is 17.6 Å². The lowest BCUT2D eigenvalue weighted by Crippen LogP contribution is -2.06. The Morgan fingerprint density at radius 3 is 2.47 bits per heavy atom. The molecule has 1 heterocycles. The Balaban J connectivity index is 2.30. The summed E-state index contributed by atoms with van der Waals surface area (Å²) < 4.78 is 55.6. The van der Waals surface area contributed by atoms with Crippen LogP contribution in [-0.2, 0) is 6.18 Å². The quantitative estimate of drug-likeness (QED) is 0.671. The van der Waals surface area contributed by atoms with Gasteiger partial charge in [0.2, 0.25) is 0 Å². The van der Waals surface area contributed by atoms with E-state index in [1.54, 1.807) is 0 Å². The molecule has 0 amide bonds. The Kier molecular flexibility index (Phi) is 3.28. The van der Waals surface area contributed by atoms with E-state index in [1.165, 1.54) is 12.3 Å². The number of pyridine rings is 1. The minimum absolute atomic E-state index is 0.0920. The zero-order valence-electron chi connectivity index (χ0n) is 9.41. The van der Waals surface area contributed by atoms with Crippen molar-refractivity contribution in [3.05, 3.63) is 47.9 Å². The second kappa shape index (κ2) is 4.75. The monoisotopic (exact) mass is 272 g/mol. The molecule has 1 aromatic heterocycles. The summed E-state index contributed by atoms with van der Waals surface area (Å²) in [6.45, 7) is 0. The van der Waals surface area contributed by atoms with Crippen molar-refractivity contribution in [3.63, 3.8) is 0 Å². The molecule has 0 aliphatic carbocycles. The number of hydrogen-bond acceptors (Lipinski definition) is 3. The first-order valence-electron chi connectivity index (χ1n) is 5.13. The highest BCUT2D eigenvalue weighted by Gasteiger charge is 2.31. The van der Waals surface area contributed by atoms with Gasteiger partial charge in [-0.2, -0.15) is 13.2 Å². The second-order valence-corrected chi connectivity index (χ2v) is 3.64. The summed E-state index contributed by atoms with van der Waals surface area (Å²) in [5, 5.41) is 0. The average molecular weight is 272 g/mol. The molecule has 0 radical (unpaired) electrons. The first-order valence-corrected chi connectivity index (χ1v) is 5.13. The number of nitrogens with two attached hydrogens (primary N) is 1. The lowest BCUT2D eigenvalue weighted by Gasteiger charge is -2.11. The topological polar surface area (TPSA) is 48.1 Å². The molecule has 2 aromatic rings. The Morgan fingerprint density at radius 2 is 1.89 bits per heavy atom. The van der Waals surface area contributed by atoms with Gasteiger partial charge >= 0.3 is 6.18 Å². The van der Waals surface area contributed by atoms with Crippen molar-refractivity contribution in [2.24, 2.45) is 0 Å². The summed E-state index contributed by atoms with van der Waals surface area (Å²) in [5.74, 6) is -1.18. The molecule has 0 saturated carbocycles. The number of halogens is 4. The zero-order chi connectivity index (χ0) is 14.0. The number of nitrogens with zero attached hydrogens (tertiary/aromatic N) is 1. The molecule has 3 nitrogen and oxygen atoms in total. The summed E-state index contributed by atoms with van der Waals surface area (Å²) in [6, 6.07) is 5.01. The lowest BCUT2D eigenvalue weighted by molar-refractivity contribution is -0.137. The molecule has 2 rings (SSSR count). The molecule has 0 aliphatic rings. The maximum absolute atomic E-state index is 13.3. The fourth-order valence-electron chi connectivity index (χ4n) is 1.37. The number of alkyl halides is 3. The Morgan fingerprint density at radius 1 is 1.16 bits per heavy atom. The third-order valence-corrected chi connectivity index (χ3v) is 2.27. The number of aromatic nitrogens is 1. The van der Waals surface area contributed by atoms with E-state index in [0.29, 0.717) is 0 Å². The number of rotatable bonds is 2. The average Bonchev–Trinajstić information content (AvgIpc) is 2.33. The second-order valence-electron chi connectivity index (χ2n) is 3.64. The molecule has 100 valence electrons. The van der Waals surface area contributed by atoms with Gasteiger partial charge in [0, 0.05) is 6.20 Å². The highest BCUT2D eigenvalue weighted by atomic mass is 19.4. The van der Waals surface area contributed by atoms with Crippen LogP contribution in [0.4, 0.5) is 23.2 Å². The number of benzene rings is 1. The molecule has 0 saturated heterocycles. The van der Waals surface area contributed by atoms with Crippen molar-refractivity contribution in [3.8, 4) is 11.6 Å². The maximum Gasteiger partial charge on any atom is 0.416 e. The lowest BCUT2D eigenvalue weighted by atomic mass is 10.2. The van der Waals surface area contributed by atoms with Crippen LogP contribution in [0.2, 0.25) is 0 Å². The van der Waals surface area contributed by atoms with E-state index in [9.17, 15) is 17.6 Å². The molecule has 0 aliphatic heterocycles. The van der Waals surface area contributed by atoms with Gasteiger partial charge < -0.3 is 10.5 Å². The van der Waals surface area contributed by atoms with Crippen LogP contribution in [0.5, 0.6) is 11.6 Å². The standard InChI is InChI=1S/C12H8F4N2O/c13-8-2-1-5-18-11(8)19-10-4-3-7(6-9(10)17)12(14,15)16/h1-6H,17H2. The summed E-state index contributed by atoms with van der Waals surface area (Å²) in [6.07, 6.45) is -3.21. The van der Waals surface area contributed by atoms with Gasteiger partial charge in [0.15, 0.2) is 11.6 Å². The molecule has 0 unspecified atom stereocenters. The smallest absolute Gasteiger partial charge is 0.416 e. The van der Waals surface area contributed by atoms with Gasteiger partial charge in [-0.3, -0.25) is 0 Å². The van der Waals surface area contributed by atoms with Crippen LogP contribution in [0.3, 0.4) is 0 Å². The van der Waals surface area contributed by atoms with Gasteiger partial charge in [-0.25, -0.2) is 9.37 Å². The van der Waals surface area contributed by atoms with Crippen LogP contribution >= 0.6 is 0 Å². The zero-order valence-corrected chi connectivity index (χ0v) is 9.41. The summed E-state index contributed by atoms with van der Waals surface area (Å²) in [5.41, 5.74) is 4.29. The molecular formula is C12H8F4N2O. The van der Waals surface area contributed by atoms with E-state index in [2.05, 4.69) is 4.98 Å². The number of ether oxygens (including phenoxy) is 1. The Bertz CT molecular complexity index is 599. The van der Waals surface area contributed by atoms with Crippen LogP contribution in [0.15, 0.2) is 36.5 Å². The number of nitrogen functional groups attached to an aromatic ring is 1. The fourth-order valence-corrected chi connectivity index (χ4v) is 1.37. The Hall–Kier alpha value is -2.31. The van der Waals surface area contributed by atoms with Crippen molar-refractivity contribution in [2.75, 3.05) is 5.73 Å².